The Morgan fingerprint density at radius 3 is 2.43 bits per heavy atom. The molecule has 2 aromatic rings. The van der Waals surface area contributed by atoms with Crippen LogP contribution < -0.4 is 10.6 Å². The van der Waals surface area contributed by atoms with E-state index < -0.39 is 0 Å². The fraction of sp³-hybridized carbons (Fsp3) is 0.235. The number of nitrogens with one attached hydrogen (secondary N) is 2. The number of benzene rings is 2. The van der Waals surface area contributed by atoms with Crippen LogP contribution in [0.4, 0.5) is 5.69 Å². The molecule has 0 spiro atoms. The summed E-state index contributed by atoms with van der Waals surface area (Å²) in [6, 6.07) is 13.4. The molecule has 0 aliphatic rings. The van der Waals surface area contributed by atoms with Gasteiger partial charge in [-0.05, 0) is 73.4 Å². The van der Waals surface area contributed by atoms with Crippen molar-refractivity contribution in [1.29, 1.82) is 0 Å². The lowest BCUT2D eigenvalue weighted by Crippen LogP contribution is -2.30. The van der Waals surface area contributed by atoms with Crippen LogP contribution in [0.1, 0.15) is 16.7 Å². The summed E-state index contributed by atoms with van der Waals surface area (Å²) >= 11 is 5.29. The zero-order chi connectivity index (χ0) is 15.2. The minimum absolute atomic E-state index is 0.290. The Morgan fingerprint density at radius 2 is 1.76 bits per heavy atom. The lowest BCUT2D eigenvalue weighted by Gasteiger charge is -2.12. The van der Waals surface area contributed by atoms with E-state index >= 15 is 0 Å². The van der Waals surface area contributed by atoms with E-state index in [-0.39, 0.29) is 0 Å². The fourth-order valence-electron chi connectivity index (χ4n) is 1.98. The highest BCUT2D eigenvalue weighted by atomic mass is 32.1. The summed E-state index contributed by atoms with van der Waals surface area (Å²) in [6.07, 6.45) is 0.856. The van der Waals surface area contributed by atoms with Crippen LogP contribution in [0.25, 0.3) is 0 Å². The maximum absolute atomic E-state index is 9.23. The van der Waals surface area contributed by atoms with Gasteiger partial charge in [0, 0.05) is 12.2 Å². The van der Waals surface area contributed by atoms with Gasteiger partial charge >= 0.3 is 0 Å². The molecule has 2 rings (SSSR count). The second kappa shape index (κ2) is 7.09. The summed E-state index contributed by atoms with van der Waals surface area (Å²) in [5.41, 5.74) is 4.67. The molecule has 0 unspecified atom stereocenters. The summed E-state index contributed by atoms with van der Waals surface area (Å²) in [4.78, 5) is 0. The molecule has 4 heteroatoms. The number of anilines is 1. The first kappa shape index (κ1) is 15.3. The quantitative estimate of drug-likeness (QED) is 0.756. The third-order valence-corrected chi connectivity index (χ3v) is 3.65. The molecule has 0 bridgehead atoms. The number of hydrogen-bond donors (Lipinski definition) is 3. The largest absolute Gasteiger partial charge is 0.508 e. The third kappa shape index (κ3) is 4.76. The van der Waals surface area contributed by atoms with Gasteiger partial charge in [0.05, 0.1) is 0 Å². The summed E-state index contributed by atoms with van der Waals surface area (Å²) in [5, 5.41) is 16.2. The van der Waals surface area contributed by atoms with Crippen molar-refractivity contribution in [3.05, 3.63) is 59.2 Å². The first-order chi connectivity index (χ1) is 10.0. The van der Waals surface area contributed by atoms with Gasteiger partial charge in [0.25, 0.3) is 0 Å². The molecule has 0 saturated carbocycles. The zero-order valence-corrected chi connectivity index (χ0v) is 13.1. The van der Waals surface area contributed by atoms with Crippen molar-refractivity contribution in [3.63, 3.8) is 0 Å². The number of phenolic OH excluding ortho intramolecular Hbond substituents is 1. The number of rotatable bonds is 4. The summed E-state index contributed by atoms with van der Waals surface area (Å²) in [6.45, 7) is 4.93. The zero-order valence-electron chi connectivity index (χ0n) is 12.3. The van der Waals surface area contributed by atoms with E-state index in [0.717, 1.165) is 24.2 Å². The normalized spacial score (nSPS) is 10.2. The van der Waals surface area contributed by atoms with E-state index in [1.54, 1.807) is 12.1 Å². The van der Waals surface area contributed by atoms with Crippen molar-refractivity contribution >= 4 is 23.0 Å². The molecule has 0 atom stereocenters. The van der Waals surface area contributed by atoms with E-state index in [9.17, 15) is 5.11 Å². The average molecular weight is 300 g/mol. The molecule has 2 aromatic carbocycles. The molecule has 3 nitrogen and oxygen atoms in total. The molecule has 0 radical (unpaired) electrons. The van der Waals surface area contributed by atoms with Gasteiger partial charge in [-0.25, -0.2) is 0 Å². The highest BCUT2D eigenvalue weighted by molar-refractivity contribution is 7.80. The van der Waals surface area contributed by atoms with Crippen molar-refractivity contribution in [3.8, 4) is 5.75 Å². The number of phenols is 1. The molecular weight excluding hydrogens is 280 g/mol. The highest BCUT2D eigenvalue weighted by Crippen LogP contribution is 2.14. The Morgan fingerprint density at radius 1 is 1.05 bits per heavy atom. The topological polar surface area (TPSA) is 44.3 Å². The van der Waals surface area contributed by atoms with Crippen LogP contribution in [0.15, 0.2) is 42.5 Å². The molecule has 0 fully saturated rings. The van der Waals surface area contributed by atoms with Crippen molar-refractivity contribution in [1.82, 2.24) is 5.32 Å². The van der Waals surface area contributed by atoms with Gasteiger partial charge in [0.15, 0.2) is 5.11 Å². The lowest BCUT2D eigenvalue weighted by atomic mass is 10.1. The van der Waals surface area contributed by atoms with Gasteiger partial charge in [-0.15, -0.1) is 0 Å². The van der Waals surface area contributed by atoms with Gasteiger partial charge in [-0.3, -0.25) is 0 Å². The van der Waals surface area contributed by atoms with Crippen LogP contribution in [0, 0.1) is 13.8 Å². The van der Waals surface area contributed by atoms with E-state index in [4.69, 9.17) is 12.2 Å². The van der Waals surface area contributed by atoms with Crippen LogP contribution in [-0.4, -0.2) is 16.8 Å². The molecule has 0 amide bonds. The van der Waals surface area contributed by atoms with Crippen LogP contribution in [0.2, 0.25) is 0 Å². The van der Waals surface area contributed by atoms with Crippen LogP contribution >= 0.6 is 12.2 Å². The van der Waals surface area contributed by atoms with Gasteiger partial charge in [-0.2, -0.15) is 0 Å². The SMILES string of the molecule is Cc1ccc(NC(=S)NCCc2ccc(O)cc2)cc1C. The van der Waals surface area contributed by atoms with Crippen molar-refractivity contribution in [2.24, 2.45) is 0 Å². The van der Waals surface area contributed by atoms with Crippen LogP contribution in [0.3, 0.4) is 0 Å². The Balaban J connectivity index is 1.79. The highest BCUT2D eigenvalue weighted by Gasteiger charge is 2.00. The molecule has 0 aliphatic carbocycles. The Hall–Kier alpha value is -2.07. The van der Waals surface area contributed by atoms with Crippen LogP contribution in [0.5, 0.6) is 5.75 Å². The summed E-state index contributed by atoms with van der Waals surface area (Å²) in [7, 11) is 0. The fourth-order valence-corrected chi connectivity index (χ4v) is 2.20. The predicted molar refractivity (Wildman–Crippen MR) is 92.0 cm³/mol. The number of thiocarbonyl (C=S) groups is 1. The van der Waals surface area contributed by atoms with Crippen LogP contribution in [-0.2, 0) is 6.42 Å². The molecule has 0 saturated heterocycles. The summed E-state index contributed by atoms with van der Waals surface area (Å²) < 4.78 is 0. The predicted octanol–water partition coefficient (Wildman–Crippen LogP) is 3.54. The van der Waals surface area contributed by atoms with Gasteiger partial charge in [0.1, 0.15) is 5.75 Å². The maximum Gasteiger partial charge on any atom is 0.170 e. The first-order valence-corrected chi connectivity index (χ1v) is 7.35. The minimum Gasteiger partial charge on any atom is -0.508 e. The smallest absolute Gasteiger partial charge is 0.170 e. The van der Waals surface area contributed by atoms with Gasteiger partial charge < -0.3 is 15.7 Å². The van der Waals surface area contributed by atoms with E-state index in [1.807, 2.05) is 18.2 Å². The lowest BCUT2D eigenvalue weighted by molar-refractivity contribution is 0.475. The molecule has 110 valence electrons. The monoisotopic (exact) mass is 300 g/mol. The summed E-state index contributed by atoms with van der Waals surface area (Å²) in [5.74, 6) is 0.290. The Bertz CT molecular complexity index is 623. The Labute approximate surface area is 131 Å². The van der Waals surface area contributed by atoms with Crippen molar-refractivity contribution < 1.29 is 5.11 Å². The number of hydrogen-bond acceptors (Lipinski definition) is 2. The van der Waals surface area contributed by atoms with Crippen molar-refractivity contribution in [2.75, 3.05) is 11.9 Å². The maximum atomic E-state index is 9.23. The minimum atomic E-state index is 0.290. The number of aryl methyl sites for hydroxylation is 2. The van der Waals surface area contributed by atoms with E-state index in [2.05, 4.69) is 36.6 Å². The number of aromatic hydroxyl groups is 1. The first-order valence-electron chi connectivity index (χ1n) is 6.94. The van der Waals surface area contributed by atoms with Gasteiger partial charge in [-0.1, -0.05) is 18.2 Å². The molecule has 21 heavy (non-hydrogen) atoms. The van der Waals surface area contributed by atoms with E-state index in [1.165, 1.54) is 11.1 Å². The molecule has 0 heterocycles. The molecule has 0 aromatic heterocycles. The average Bonchev–Trinajstić information content (AvgIpc) is 2.45. The Kier molecular flexibility index (Phi) is 5.17. The van der Waals surface area contributed by atoms with E-state index in [0.29, 0.717) is 10.9 Å². The molecule has 3 N–H and O–H groups in total. The molecular formula is C17H20N2OS. The second-order valence-corrected chi connectivity index (χ2v) is 5.50. The second-order valence-electron chi connectivity index (χ2n) is 5.10. The standard InChI is InChI=1S/C17H20N2OS/c1-12-3-6-15(11-13(12)2)19-17(21)18-10-9-14-4-7-16(20)8-5-14/h3-8,11,20H,9-10H2,1-2H3,(H2,18,19,21). The van der Waals surface area contributed by atoms with Crippen molar-refractivity contribution in [2.45, 2.75) is 20.3 Å². The van der Waals surface area contributed by atoms with Gasteiger partial charge in [0.2, 0.25) is 0 Å². The molecule has 0 aliphatic heterocycles. The third-order valence-electron chi connectivity index (χ3n) is 3.40.